The quantitative estimate of drug-likeness (QED) is 0.623. The first-order valence-electron chi connectivity index (χ1n) is 6.41. The normalized spacial score (nSPS) is 9.48. The van der Waals surface area contributed by atoms with Gasteiger partial charge in [-0.2, -0.15) is 0 Å². The molecule has 0 saturated heterocycles. The maximum atomic E-state index is 13.3. The van der Waals surface area contributed by atoms with Crippen molar-refractivity contribution in [3.05, 3.63) is 35.1 Å². The number of aliphatic hydroxyl groups excluding tert-OH is 1. The van der Waals surface area contributed by atoms with Crippen LogP contribution in [0.5, 0.6) is 0 Å². The van der Waals surface area contributed by atoms with Gasteiger partial charge in [-0.15, -0.1) is 0 Å². The van der Waals surface area contributed by atoms with Gasteiger partial charge in [0.15, 0.2) is 0 Å². The number of esters is 1. The topological polar surface area (TPSA) is 75.6 Å². The Morgan fingerprint density at radius 1 is 1.43 bits per heavy atom. The van der Waals surface area contributed by atoms with Crippen molar-refractivity contribution in [2.45, 2.75) is 13.3 Å². The SMILES string of the molecule is CCOC(=O)CNC(=O)c1cc(F)ccc1C#CCCO. The van der Waals surface area contributed by atoms with Crippen LogP contribution in [0.15, 0.2) is 18.2 Å². The van der Waals surface area contributed by atoms with Crippen LogP contribution in [0.4, 0.5) is 4.39 Å². The number of carbonyl (C=O) groups excluding carboxylic acids is 2. The van der Waals surface area contributed by atoms with E-state index in [1.165, 1.54) is 12.1 Å². The van der Waals surface area contributed by atoms with Crippen molar-refractivity contribution in [2.75, 3.05) is 19.8 Å². The summed E-state index contributed by atoms with van der Waals surface area (Å²) in [5.41, 5.74) is 0.357. The average Bonchev–Trinajstić information content (AvgIpc) is 2.46. The maximum Gasteiger partial charge on any atom is 0.325 e. The number of carbonyl (C=O) groups is 2. The summed E-state index contributed by atoms with van der Waals surface area (Å²) in [7, 11) is 0. The van der Waals surface area contributed by atoms with Gasteiger partial charge in [-0.25, -0.2) is 4.39 Å². The van der Waals surface area contributed by atoms with Gasteiger partial charge in [0.1, 0.15) is 12.4 Å². The zero-order chi connectivity index (χ0) is 15.7. The van der Waals surface area contributed by atoms with E-state index < -0.39 is 17.7 Å². The number of hydrogen-bond acceptors (Lipinski definition) is 4. The highest BCUT2D eigenvalue weighted by Gasteiger charge is 2.13. The summed E-state index contributed by atoms with van der Waals surface area (Å²) in [5, 5.41) is 11.0. The van der Waals surface area contributed by atoms with E-state index >= 15 is 0 Å². The highest BCUT2D eigenvalue weighted by Crippen LogP contribution is 2.10. The van der Waals surface area contributed by atoms with Crippen LogP contribution < -0.4 is 5.32 Å². The van der Waals surface area contributed by atoms with Crippen molar-refractivity contribution in [3.63, 3.8) is 0 Å². The van der Waals surface area contributed by atoms with E-state index in [0.717, 1.165) is 6.07 Å². The molecule has 0 aromatic heterocycles. The third-order valence-electron chi connectivity index (χ3n) is 2.38. The number of ether oxygens (including phenoxy) is 1. The third kappa shape index (κ3) is 5.63. The average molecular weight is 293 g/mol. The van der Waals surface area contributed by atoms with E-state index in [1.54, 1.807) is 6.92 Å². The van der Waals surface area contributed by atoms with Crippen LogP contribution in [0, 0.1) is 17.7 Å². The molecule has 1 aromatic rings. The molecule has 2 N–H and O–H groups in total. The van der Waals surface area contributed by atoms with Crippen molar-refractivity contribution < 1.29 is 23.8 Å². The van der Waals surface area contributed by atoms with Crippen LogP contribution in [0.3, 0.4) is 0 Å². The summed E-state index contributed by atoms with van der Waals surface area (Å²) >= 11 is 0. The van der Waals surface area contributed by atoms with Gasteiger partial charge in [0.05, 0.1) is 18.8 Å². The molecule has 6 heteroatoms. The molecule has 0 saturated carbocycles. The van der Waals surface area contributed by atoms with Crippen molar-refractivity contribution in [1.82, 2.24) is 5.32 Å². The molecule has 0 aliphatic carbocycles. The molecule has 0 aliphatic rings. The Hall–Kier alpha value is -2.39. The first kappa shape index (κ1) is 16.7. The molecule has 0 spiro atoms. The van der Waals surface area contributed by atoms with Crippen molar-refractivity contribution >= 4 is 11.9 Å². The van der Waals surface area contributed by atoms with Gasteiger partial charge >= 0.3 is 5.97 Å². The fraction of sp³-hybridized carbons (Fsp3) is 0.333. The van der Waals surface area contributed by atoms with Gasteiger partial charge in [-0.3, -0.25) is 9.59 Å². The Labute approximate surface area is 122 Å². The van der Waals surface area contributed by atoms with Crippen molar-refractivity contribution in [3.8, 4) is 11.8 Å². The summed E-state index contributed by atoms with van der Waals surface area (Å²) in [5.74, 6) is 3.57. The summed E-state index contributed by atoms with van der Waals surface area (Å²) in [6, 6.07) is 3.60. The maximum absolute atomic E-state index is 13.3. The summed E-state index contributed by atoms with van der Waals surface area (Å²) < 4.78 is 17.9. The second kappa shape index (κ2) is 8.72. The fourth-order valence-electron chi connectivity index (χ4n) is 1.49. The second-order valence-electron chi connectivity index (χ2n) is 3.95. The van der Waals surface area contributed by atoms with Crippen LogP contribution in [0.1, 0.15) is 29.3 Å². The van der Waals surface area contributed by atoms with Crippen LogP contribution in [-0.4, -0.2) is 36.7 Å². The van der Waals surface area contributed by atoms with E-state index in [1.807, 2.05) is 0 Å². The van der Waals surface area contributed by atoms with Crippen LogP contribution in [0.2, 0.25) is 0 Å². The lowest BCUT2D eigenvalue weighted by Crippen LogP contribution is -2.31. The van der Waals surface area contributed by atoms with E-state index in [-0.39, 0.29) is 31.7 Å². The molecule has 21 heavy (non-hydrogen) atoms. The minimum absolute atomic E-state index is 0.0322. The van der Waals surface area contributed by atoms with Gasteiger partial charge in [-0.1, -0.05) is 11.8 Å². The lowest BCUT2D eigenvalue weighted by Gasteiger charge is -2.07. The largest absolute Gasteiger partial charge is 0.465 e. The van der Waals surface area contributed by atoms with Gasteiger partial charge in [0.2, 0.25) is 0 Å². The molecular formula is C15H16FNO4. The lowest BCUT2D eigenvalue weighted by molar-refractivity contribution is -0.141. The molecular weight excluding hydrogens is 277 g/mol. The zero-order valence-corrected chi connectivity index (χ0v) is 11.6. The first-order chi connectivity index (χ1) is 10.1. The number of rotatable bonds is 5. The Balaban J connectivity index is 2.85. The van der Waals surface area contributed by atoms with Gasteiger partial charge < -0.3 is 15.2 Å². The lowest BCUT2D eigenvalue weighted by atomic mass is 10.1. The molecule has 1 aromatic carbocycles. The van der Waals surface area contributed by atoms with Crippen LogP contribution in [0.25, 0.3) is 0 Å². The molecule has 0 aliphatic heterocycles. The van der Waals surface area contributed by atoms with E-state index in [9.17, 15) is 14.0 Å². The number of benzene rings is 1. The van der Waals surface area contributed by atoms with Gasteiger partial charge in [0, 0.05) is 12.0 Å². The Kier molecular flexibility index (Phi) is 6.92. The minimum atomic E-state index is -0.615. The Morgan fingerprint density at radius 2 is 2.19 bits per heavy atom. The highest BCUT2D eigenvalue weighted by atomic mass is 19.1. The number of amides is 1. The highest BCUT2D eigenvalue weighted by molar-refractivity contribution is 5.98. The van der Waals surface area contributed by atoms with Crippen LogP contribution in [-0.2, 0) is 9.53 Å². The van der Waals surface area contributed by atoms with Gasteiger partial charge in [0.25, 0.3) is 5.91 Å². The first-order valence-corrected chi connectivity index (χ1v) is 6.41. The number of halogens is 1. The molecule has 0 atom stereocenters. The Morgan fingerprint density at radius 3 is 2.86 bits per heavy atom. The monoisotopic (exact) mass is 293 g/mol. The third-order valence-corrected chi connectivity index (χ3v) is 2.38. The molecule has 5 nitrogen and oxygen atoms in total. The molecule has 1 rings (SSSR count). The van der Waals surface area contributed by atoms with E-state index in [2.05, 4.69) is 21.9 Å². The second-order valence-corrected chi connectivity index (χ2v) is 3.95. The molecule has 0 radical (unpaired) electrons. The minimum Gasteiger partial charge on any atom is -0.465 e. The summed E-state index contributed by atoms with van der Waals surface area (Å²) in [4.78, 5) is 23.1. The van der Waals surface area contributed by atoms with Crippen molar-refractivity contribution in [2.24, 2.45) is 0 Å². The zero-order valence-electron chi connectivity index (χ0n) is 11.6. The number of hydrogen-bond donors (Lipinski definition) is 2. The molecule has 112 valence electrons. The number of aliphatic hydroxyl groups is 1. The van der Waals surface area contributed by atoms with Gasteiger partial charge in [-0.05, 0) is 25.1 Å². The molecule has 0 fully saturated rings. The smallest absolute Gasteiger partial charge is 0.325 e. The predicted octanol–water partition coefficient (Wildman–Crippen LogP) is 0.853. The molecule has 1 amide bonds. The van der Waals surface area contributed by atoms with Crippen molar-refractivity contribution in [1.29, 1.82) is 0 Å². The predicted molar refractivity (Wildman–Crippen MR) is 73.9 cm³/mol. The summed E-state index contributed by atoms with van der Waals surface area (Å²) in [6.07, 6.45) is 0.251. The van der Waals surface area contributed by atoms with E-state index in [0.29, 0.717) is 5.56 Å². The fourth-order valence-corrected chi connectivity index (χ4v) is 1.49. The summed E-state index contributed by atoms with van der Waals surface area (Å²) in [6.45, 7) is 1.47. The van der Waals surface area contributed by atoms with E-state index in [4.69, 9.17) is 5.11 Å². The number of nitrogens with one attached hydrogen (secondary N) is 1. The molecule has 0 bridgehead atoms. The molecule has 0 unspecified atom stereocenters. The Bertz CT molecular complexity index is 575. The van der Waals surface area contributed by atoms with Crippen LogP contribution >= 0.6 is 0 Å². The molecule has 0 heterocycles. The standard InChI is InChI=1S/C15H16FNO4/c1-2-21-14(19)10-17-15(20)13-9-12(16)7-6-11(13)5-3-4-8-18/h6-7,9,18H,2,4,8,10H2,1H3,(H,17,20).